The quantitative estimate of drug-likeness (QED) is 0.758. The molecule has 0 aromatic heterocycles. The Labute approximate surface area is 87.0 Å². The van der Waals surface area contributed by atoms with Crippen LogP contribution in [-0.2, 0) is 0 Å². The van der Waals surface area contributed by atoms with Gasteiger partial charge in [0.15, 0.2) is 16.5 Å². The fraction of sp³-hybridized carbons (Fsp3) is 0.400. The zero-order chi connectivity index (χ0) is 9.68. The maximum atomic E-state index is 5.58. The maximum Gasteiger partial charge on any atom is 0.162 e. The van der Waals surface area contributed by atoms with Crippen molar-refractivity contribution in [3.8, 4) is 11.5 Å². The molecule has 1 aromatic carbocycles. The maximum absolute atomic E-state index is 5.58. The van der Waals surface area contributed by atoms with Crippen molar-refractivity contribution in [3.05, 3.63) is 24.3 Å². The van der Waals surface area contributed by atoms with Crippen molar-refractivity contribution in [2.45, 2.75) is 18.4 Å². The zero-order valence-corrected chi connectivity index (χ0v) is 9.37. The monoisotopic (exact) mass is 244 g/mol. The van der Waals surface area contributed by atoms with E-state index in [-0.39, 0.29) is 5.01 Å². The molecule has 1 unspecified atom stereocenters. The van der Waals surface area contributed by atoms with Crippen LogP contribution in [0.5, 0.6) is 11.5 Å². The zero-order valence-electron chi connectivity index (χ0n) is 7.79. The van der Waals surface area contributed by atoms with E-state index in [1.165, 1.54) is 0 Å². The fourth-order valence-corrected chi connectivity index (χ4v) is 1.14. The summed E-state index contributed by atoms with van der Waals surface area (Å²) in [6.45, 7) is 2.05. The van der Waals surface area contributed by atoms with E-state index < -0.39 is 0 Å². The van der Waals surface area contributed by atoms with Crippen LogP contribution in [0.25, 0.3) is 0 Å². The molecule has 0 fully saturated rings. The molecule has 0 saturated heterocycles. The Morgan fingerprint density at radius 1 is 1.31 bits per heavy atom. The molecular formula is C10H13BrO2. The van der Waals surface area contributed by atoms with Gasteiger partial charge in [-0.05, 0) is 34.5 Å². The van der Waals surface area contributed by atoms with E-state index in [9.17, 15) is 0 Å². The van der Waals surface area contributed by atoms with E-state index in [0.29, 0.717) is 0 Å². The molecule has 0 bridgehead atoms. The lowest BCUT2D eigenvalue weighted by atomic mass is 10.3. The first-order chi connectivity index (χ1) is 6.27. The average molecular weight is 245 g/mol. The highest BCUT2D eigenvalue weighted by atomic mass is 79.9. The van der Waals surface area contributed by atoms with Gasteiger partial charge in [0.2, 0.25) is 0 Å². The third kappa shape index (κ3) is 2.92. The minimum absolute atomic E-state index is 0.0452. The van der Waals surface area contributed by atoms with Gasteiger partial charge in [-0.15, -0.1) is 0 Å². The van der Waals surface area contributed by atoms with E-state index in [0.717, 1.165) is 17.9 Å². The molecule has 0 radical (unpaired) electrons. The summed E-state index contributed by atoms with van der Waals surface area (Å²) in [5.41, 5.74) is 0. The van der Waals surface area contributed by atoms with Crippen LogP contribution in [0.2, 0.25) is 0 Å². The predicted octanol–water partition coefficient (Wildman–Crippen LogP) is 3.21. The first-order valence-electron chi connectivity index (χ1n) is 4.21. The van der Waals surface area contributed by atoms with Crippen molar-refractivity contribution in [1.82, 2.24) is 0 Å². The highest BCUT2D eigenvalue weighted by molar-refractivity contribution is 9.09. The minimum atomic E-state index is 0.0452. The van der Waals surface area contributed by atoms with Crippen LogP contribution in [0.3, 0.4) is 0 Å². The summed E-state index contributed by atoms with van der Waals surface area (Å²) in [5, 5.41) is 0.0452. The number of methoxy groups -OCH3 is 1. The smallest absolute Gasteiger partial charge is 0.162 e. The fourth-order valence-electron chi connectivity index (χ4n) is 0.937. The molecule has 0 amide bonds. The van der Waals surface area contributed by atoms with E-state index in [2.05, 4.69) is 22.9 Å². The molecule has 0 aliphatic heterocycles. The molecule has 0 heterocycles. The molecule has 1 aromatic rings. The highest BCUT2D eigenvalue weighted by Crippen LogP contribution is 2.28. The second-order valence-electron chi connectivity index (χ2n) is 2.59. The highest BCUT2D eigenvalue weighted by Gasteiger charge is 2.06. The Hall–Kier alpha value is -0.700. The van der Waals surface area contributed by atoms with E-state index >= 15 is 0 Å². The van der Waals surface area contributed by atoms with Gasteiger partial charge in [0, 0.05) is 0 Å². The van der Waals surface area contributed by atoms with E-state index in [1.807, 2.05) is 24.3 Å². The number of benzene rings is 1. The van der Waals surface area contributed by atoms with Gasteiger partial charge in [-0.1, -0.05) is 19.1 Å². The third-order valence-corrected chi connectivity index (χ3v) is 2.48. The van der Waals surface area contributed by atoms with Crippen molar-refractivity contribution < 1.29 is 9.47 Å². The summed E-state index contributed by atoms with van der Waals surface area (Å²) in [5.74, 6) is 1.54. The molecular weight excluding hydrogens is 232 g/mol. The molecule has 72 valence electrons. The molecule has 1 atom stereocenters. The Bertz CT molecular complexity index is 263. The number of halogens is 1. The lowest BCUT2D eigenvalue weighted by molar-refractivity contribution is 0.272. The average Bonchev–Trinajstić information content (AvgIpc) is 2.18. The molecule has 1 rings (SSSR count). The van der Waals surface area contributed by atoms with Crippen LogP contribution in [0.1, 0.15) is 13.3 Å². The Kier molecular flexibility index (Phi) is 4.09. The van der Waals surface area contributed by atoms with Crippen LogP contribution in [0, 0.1) is 0 Å². The van der Waals surface area contributed by atoms with Crippen molar-refractivity contribution in [2.24, 2.45) is 0 Å². The minimum Gasteiger partial charge on any atom is -0.493 e. The van der Waals surface area contributed by atoms with Crippen LogP contribution in [0.4, 0.5) is 0 Å². The number of para-hydroxylation sites is 2. The van der Waals surface area contributed by atoms with Gasteiger partial charge >= 0.3 is 0 Å². The summed E-state index contributed by atoms with van der Waals surface area (Å²) in [4.78, 5) is 0. The van der Waals surface area contributed by atoms with Gasteiger partial charge in [-0.2, -0.15) is 0 Å². The van der Waals surface area contributed by atoms with Crippen molar-refractivity contribution >= 4 is 15.9 Å². The number of hydrogen-bond donors (Lipinski definition) is 0. The SMILES string of the molecule is CCC(Br)Oc1ccccc1OC. The number of rotatable bonds is 4. The van der Waals surface area contributed by atoms with Crippen LogP contribution in [-0.4, -0.2) is 12.1 Å². The lowest BCUT2D eigenvalue weighted by Crippen LogP contribution is -2.06. The standard InChI is InChI=1S/C10H13BrO2/c1-3-10(11)13-9-7-5-4-6-8(9)12-2/h4-7,10H,3H2,1-2H3. The molecule has 0 N–H and O–H groups in total. The molecule has 0 saturated carbocycles. The van der Waals surface area contributed by atoms with Crippen LogP contribution in [0.15, 0.2) is 24.3 Å². The molecule has 0 aliphatic rings. The Balaban J connectivity index is 2.74. The summed E-state index contributed by atoms with van der Waals surface area (Å²) < 4.78 is 10.7. The summed E-state index contributed by atoms with van der Waals surface area (Å²) in [6.07, 6.45) is 0.915. The number of alkyl halides is 1. The predicted molar refractivity (Wildman–Crippen MR) is 56.6 cm³/mol. The molecule has 0 aliphatic carbocycles. The van der Waals surface area contributed by atoms with Gasteiger partial charge in [-0.3, -0.25) is 0 Å². The molecule has 3 heteroatoms. The normalized spacial score (nSPS) is 12.2. The summed E-state index contributed by atoms with van der Waals surface area (Å²) >= 11 is 3.40. The van der Waals surface area contributed by atoms with Gasteiger partial charge < -0.3 is 9.47 Å². The Morgan fingerprint density at radius 2 is 1.92 bits per heavy atom. The van der Waals surface area contributed by atoms with Gasteiger partial charge in [0.1, 0.15) is 0 Å². The molecule has 13 heavy (non-hydrogen) atoms. The second kappa shape index (κ2) is 5.12. The van der Waals surface area contributed by atoms with Gasteiger partial charge in [0.05, 0.1) is 7.11 Å². The molecule has 0 spiro atoms. The van der Waals surface area contributed by atoms with Crippen molar-refractivity contribution in [1.29, 1.82) is 0 Å². The summed E-state index contributed by atoms with van der Waals surface area (Å²) in [6, 6.07) is 7.61. The van der Waals surface area contributed by atoms with Gasteiger partial charge in [0.25, 0.3) is 0 Å². The summed E-state index contributed by atoms with van der Waals surface area (Å²) in [7, 11) is 1.64. The van der Waals surface area contributed by atoms with Gasteiger partial charge in [-0.25, -0.2) is 0 Å². The van der Waals surface area contributed by atoms with Crippen LogP contribution >= 0.6 is 15.9 Å². The number of hydrogen-bond acceptors (Lipinski definition) is 2. The second-order valence-corrected chi connectivity index (χ2v) is 3.61. The molecule has 2 nitrogen and oxygen atoms in total. The topological polar surface area (TPSA) is 18.5 Å². The third-order valence-electron chi connectivity index (χ3n) is 1.64. The lowest BCUT2D eigenvalue weighted by Gasteiger charge is -2.13. The van der Waals surface area contributed by atoms with Crippen molar-refractivity contribution in [3.63, 3.8) is 0 Å². The first kappa shape index (κ1) is 10.4. The van der Waals surface area contributed by atoms with Crippen LogP contribution < -0.4 is 9.47 Å². The first-order valence-corrected chi connectivity index (χ1v) is 5.13. The van der Waals surface area contributed by atoms with E-state index in [1.54, 1.807) is 7.11 Å². The number of ether oxygens (including phenoxy) is 2. The Morgan fingerprint density at radius 3 is 2.46 bits per heavy atom. The largest absolute Gasteiger partial charge is 0.493 e. The van der Waals surface area contributed by atoms with E-state index in [4.69, 9.17) is 9.47 Å². The van der Waals surface area contributed by atoms with Crippen molar-refractivity contribution in [2.75, 3.05) is 7.11 Å².